The number of likely N-dealkylation sites (tertiary alicyclic amines) is 1. The van der Waals surface area contributed by atoms with Gasteiger partial charge in [-0.1, -0.05) is 6.42 Å². The van der Waals surface area contributed by atoms with Gasteiger partial charge in [-0.2, -0.15) is 0 Å². The summed E-state index contributed by atoms with van der Waals surface area (Å²) in [6.45, 7) is 5.70. The Labute approximate surface area is 146 Å². The monoisotopic (exact) mass is 339 g/mol. The fourth-order valence-electron chi connectivity index (χ4n) is 3.70. The molecule has 2 aromatic heterocycles. The highest BCUT2D eigenvalue weighted by Crippen LogP contribution is 2.31. The van der Waals surface area contributed by atoms with E-state index in [-0.39, 0.29) is 11.9 Å². The first-order valence-electron chi connectivity index (χ1n) is 8.79. The third kappa shape index (κ3) is 3.39. The molecule has 0 spiro atoms. The average Bonchev–Trinajstić information content (AvgIpc) is 2.97. The third-order valence-electron chi connectivity index (χ3n) is 4.76. The number of hydrogen-bond donors (Lipinski definition) is 1. The number of nitrogens with zero attached hydrogens (tertiary/aromatic N) is 4. The van der Waals surface area contributed by atoms with Crippen molar-refractivity contribution >= 4 is 11.0 Å². The summed E-state index contributed by atoms with van der Waals surface area (Å²) in [5.74, 6) is 1.52. The number of aryl methyl sites for hydroxylation is 2. The van der Waals surface area contributed by atoms with Crippen LogP contribution in [0.15, 0.2) is 24.3 Å². The number of hydrogen-bond acceptors (Lipinski definition) is 4. The Morgan fingerprint density at radius 3 is 2.72 bits per heavy atom. The van der Waals surface area contributed by atoms with Crippen LogP contribution in [0, 0.1) is 19.7 Å². The molecule has 4 rings (SSSR count). The Kier molecular flexibility index (Phi) is 4.21. The van der Waals surface area contributed by atoms with Gasteiger partial charge in [0.05, 0.1) is 23.6 Å². The zero-order valence-corrected chi connectivity index (χ0v) is 14.6. The molecule has 3 aromatic rings. The topological polar surface area (TPSA) is 57.7 Å². The number of H-pyrrole nitrogens is 1. The molecule has 0 radical (unpaired) electrons. The first kappa shape index (κ1) is 16.1. The van der Waals surface area contributed by atoms with Crippen LogP contribution in [0.4, 0.5) is 4.39 Å². The lowest BCUT2D eigenvalue weighted by atomic mass is 10.0. The summed E-state index contributed by atoms with van der Waals surface area (Å²) in [5.41, 5.74) is 3.55. The summed E-state index contributed by atoms with van der Waals surface area (Å²) in [6.07, 6.45) is 3.36. The molecule has 1 saturated heterocycles. The van der Waals surface area contributed by atoms with Crippen LogP contribution in [0.2, 0.25) is 0 Å². The SMILES string of the molecule is Cc1cc(C)nc(CN2CCCC[C@H]2c2nc3ccc(F)cc3[nH]2)n1. The van der Waals surface area contributed by atoms with Gasteiger partial charge in [0.1, 0.15) is 17.5 Å². The van der Waals surface area contributed by atoms with Gasteiger partial charge in [-0.25, -0.2) is 19.3 Å². The fraction of sp³-hybridized carbons (Fsp3) is 0.421. The van der Waals surface area contributed by atoms with E-state index in [9.17, 15) is 4.39 Å². The van der Waals surface area contributed by atoms with Gasteiger partial charge < -0.3 is 4.98 Å². The van der Waals surface area contributed by atoms with E-state index in [1.54, 1.807) is 6.07 Å². The minimum absolute atomic E-state index is 0.189. The van der Waals surface area contributed by atoms with Crippen LogP contribution in [0.3, 0.4) is 0 Å². The number of piperidine rings is 1. The van der Waals surface area contributed by atoms with Crippen molar-refractivity contribution in [3.05, 3.63) is 53.1 Å². The van der Waals surface area contributed by atoms with Crippen molar-refractivity contribution in [2.45, 2.75) is 45.7 Å². The number of benzene rings is 1. The second-order valence-electron chi connectivity index (χ2n) is 6.83. The van der Waals surface area contributed by atoms with Crippen molar-refractivity contribution < 1.29 is 4.39 Å². The maximum absolute atomic E-state index is 13.5. The molecule has 1 N–H and O–H groups in total. The van der Waals surface area contributed by atoms with Gasteiger partial charge in [-0.3, -0.25) is 4.90 Å². The Morgan fingerprint density at radius 1 is 1.12 bits per heavy atom. The van der Waals surface area contributed by atoms with Gasteiger partial charge in [-0.05, 0) is 57.5 Å². The van der Waals surface area contributed by atoms with Gasteiger partial charge in [0.15, 0.2) is 0 Å². The van der Waals surface area contributed by atoms with Crippen LogP contribution in [-0.2, 0) is 6.54 Å². The number of halogens is 1. The summed E-state index contributed by atoms with van der Waals surface area (Å²) in [4.78, 5) is 19.5. The largest absolute Gasteiger partial charge is 0.341 e. The highest BCUT2D eigenvalue weighted by molar-refractivity contribution is 5.75. The highest BCUT2D eigenvalue weighted by atomic mass is 19.1. The normalized spacial score (nSPS) is 18.8. The smallest absolute Gasteiger partial charge is 0.142 e. The summed E-state index contributed by atoms with van der Waals surface area (Å²) in [5, 5.41) is 0. The molecule has 1 atom stereocenters. The van der Waals surface area contributed by atoms with Crippen LogP contribution in [-0.4, -0.2) is 31.4 Å². The molecular weight excluding hydrogens is 317 g/mol. The second kappa shape index (κ2) is 6.52. The van der Waals surface area contributed by atoms with E-state index in [1.165, 1.54) is 18.6 Å². The molecule has 0 unspecified atom stereocenters. The molecule has 0 aliphatic carbocycles. The molecule has 3 heterocycles. The van der Waals surface area contributed by atoms with Crippen molar-refractivity contribution in [1.82, 2.24) is 24.8 Å². The zero-order chi connectivity index (χ0) is 17.4. The summed E-state index contributed by atoms with van der Waals surface area (Å²) < 4.78 is 13.5. The van der Waals surface area contributed by atoms with E-state index in [2.05, 4.69) is 19.9 Å². The third-order valence-corrected chi connectivity index (χ3v) is 4.76. The van der Waals surface area contributed by atoms with Gasteiger partial charge >= 0.3 is 0 Å². The summed E-state index contributed by atoms with van der Waals surface area (Å²) in [7, 11) is 0. The van der Waals surface area contributed by atoms with E-state index in [1.807, 2.05) is 19.9 Å². The number of fused-ring (bicyclic) bond motifs is 1. The summed E-state index contributed by atoms with van der Waals surface area (Å²) in [6, 6.07) is 6.87. The average molecular weight is 339 g/mol. The lowest BCUT2D eigenvalue weighted by molar-refractivity contribution is 0.131. The maximum atomic E-state index is 13.5. The van der Waals surface area contributed by atoms with Crippen molar-refractivity contribution in [3.8, 4) is 0 Å². The van der Waals surface area contributed by atoms with E-state index < -0.39 is 0 Å². The molecule has 1 fully saturated rings. The maximum Gasteiger partial charge on any atom is 0.142 e. The van der Waals surface area contributed by atoms with Gasteiger partial charge in [0.25, 0.3) is 0 Å². The molecule has 1 aromatic carbocycles. The van der Waals surface area contributed by atoms with Crippen LogP contribution >= 0.6 is 0 Å². The first-order chi connectivity index (χ1) is 12.1. The van der Waals surface area contributed by atoms with Gasteiger partial charge in [0.2, 0.25) is 0 Å². The Morgan fingerprint density at radius 2 is 1.92 bits per heavy atom. The minimum atomic E-state index is -0.244. The van der Waals surface area contributed by atoms with Crippen molar-refractivity contribution in [1.29, 1.82) is 0 Å². The molecule has 1 aliphatic rings. The number of aromatic amines is 1. The molecule has 0 bridgehead atoms. The molecule has 0 saturated carbocycles. The van der Waals surface area contributed by atoms with Crippen LogP contribution in [0.5, 0.6) is 0 Å². The van der Waals surface area contributed by atoms with Gasteiger partial charge in [0, 0.05) is 11.4 Å². The molecule has 6 heteroatoms. The van der Waals surface area contributed by atoms with Crippen molar-refractivity contribution in [2.75, 3.05) is 6.54 Å². The Hall–Kier alpha value is -2.34. The number of rotatable bonds is 3. The second-order valence-corrected chi connectivity index (χ2v) is 6.83. The highest BCUT2D eigenvalue weighted by Gasteiger charge is 2.27. The van der Waals surface area contributed by atoms with Crippen LogP contribution < -0.4 is 0 Å². The van der Waals surface area contributed by atoms with Gasteiger partial charge in [-0.15, -0.1) is 0 Å². The van der Waals surface area contributed by atoms with E-state index in [4.69, 9.17) is 4.98 Å². The molecular formula is C19H22FN5. The van der Waals surface area contributed by atoms with E-state index in [0.29, 0.717) is 6.54 Å². The zero-order valence-electron chi connectivity index (χ0n) is 14.6. The lowest BCUT2D eigenvalue weighted by Crippen LogP contribution is -2.34. The Balaban J connectivity index is 1.63. The standard InChI is InChI=1S/C19H22FN5/c1-12-9-13(2)22-18(21-12)11-25-8-4-3-5-17(25)19-23-15-7-6-14(20)10-16(15)24-19/h6-7,9-10,17H,3-5,8,11H2,1-2H3,(H,23,24)/t17-/m0/s1. The predicted molar refractivity (Wildman–Crippen MR) is 94.6 cm³/mol. The quantitative estimate of drug-likeness (QED) is 0.788. The number of aromatic nitrogens is 4. The molecule has 1 aliphatic heterocycles. The molecule has 130 valence electrons. The first-order valence-corrected chi connectivity index (χ1v) is 8.79. The fourth-order valence-corrected chi connectivity index (χ4v) is 3.70. The molecule has 5 nitrogen and oxygen atoms in total. The van der Waals surface area contributed by atoms with E-state index >= 15 is 0 Å². The lowest BCUT2D eigenvalue weighted by Gasteiger charge is -2.33. The number of imidazole rings is 1. The summed E-state index contributed by atoms with van der Waals surface area (Å²) >= 11 is 0. The molecule has 0 amide bonds. The minimum Gasteiger partial charge on any atom is -0.341 e. The van der Waals surface area contributed by atoms with E-state index in [0.717, 1.165) is 53.5 Å². The van der Waals surface area contributed by atoms with Crippen LogP contribution in [0.1, 0.15) is 48.3 Å². The van der Waals surface area contributed by atoms with Crippen molar-refractivity contribution in [2.24, 2.45) is 0 Å². The predicted octanol–water partition coefficient (Wildman–Crippen LogP) is 3.84. The van der Waals surface area contributed by atoms with Crippen LogP contribution in [0.25, 0.3) is 11.0 Å². The number of nitrogens with one attached hydrogen (secondary N) is 1. The Bertz CT molecular complexity index is 884. The molecule has 25 heavy (non-hydrogen) atoms. The van der Waals surface area contributed by atoms with Crippen molar-refractivity contribution in [3.63, 3.8) is 0 Å².